The molecule has 6 nitrogen and oxygen atoms in total. The minimum absolute atomic E-state index is 0.0398. The van der Waals surface area contributed by atoms with Gasteiger partial charge in [-0.1, -0.05) is 0 Å². The highest BCUT2D eigenvalue weighted by Crippen LogP contribution is 2.33. The number of aliphatic hydroxyl groups is 1. The van der Waals surface area contributed by atoms with Crippen molar-refractivity contribution >= 4 is 17.2 Å². The number of piperazine rings is 1. The van der Waals surface area contributed by atoms with Crippen LogP contribution in [0.4, 0.5) is 0 Å². The molecule has 3 heterocycles. The van der Waals surface area contributed by atoms with Crippen LogP contribution >= 0.6 is 11.3 Å². The smallest absolute Gasteiger partial charge is 0.288 e. The molecule has 1 aromatic rings. The Balaban J connectivity index is 1.67. The van der Waals surface area contributed by atoms with E-state index in [0.29, 0.717) is 25.2 Å². The van der Waals surface area contributed by atoms with E-state index in [1.807, 2.05) is 11.0 Å². The molecule has 2 atom stereocenters. The fraction of sp³-hybridized carbons (Fsp3) is 0.632. The summed E-state index contributed by atoms with van der Waals surface area (Å²) in [6.07, 6.45) is 3.73. The van der Waals surface area contributed by atoms with Gasteiger partial charge in [0.05, 0.1) is 6.61 Å². The SMILES string of the molecule is CN1CCN(C(=O)C2=C[C@@H](c3ccsc3)C[C@@H](OCCCCO)O2)CC1. The Bertz CT molecular complexity index is 597. The summed E-state index contributed by atoms with van der Waals surface area (Å²) in [5.74, 6) is 0.496. The first-order valence-electron chi connectivity index (χ1n) is 9.28. The number of rotatable bonds is 7. The van der Waals surface area contributed by atoms with Crippen LogP contribution < -0.4 is 0 Å². The van der Waals surface area contributed by atoms with Crippen molar-refractivity contribution in [3.63, 3.8) is 0 Å². The van der Waals surface area contributed by atoms with E-state index in [4.69, 9.17) is 14.6 Å². The average Bonchev–Trinajstić information content (AvgIpc) is 3.20. The number of carbonyl (C=O) groups excluding carboxylic acids is 1. The Hall–Kier alpha value is -1.41. The van der Waals surface area contributed by atoms with Crippen LogP contribution in [-0.4, -0.2) is 73.5 Å². The van der Waals surface area contributed by atoms with Crippen LogP contribution in [0.3, 0.4) is 0 Å². The van der Waals surface area contributed by atoms with Crippen molar-refractivity contribution in [2.75, 3.05) is 46.4 Å². The zero-order valence-corrected chi connectivity index (χ0v) is 16.1. The van der Waals surface area contributed by atoms with Crippen LogP contribution in [0.5, 0.6) is 0 Å². The summed E-state index contributed by atoms with van der Waals surface area (Å²) < 4.78 is 11.8. The number of allylic oxidation sites excluding steroid dienone is 1. The third kappa shape index (κ3) is 5.07. The van der Waals surface area contributed by atoms with E-state index in [9.17, 15) is 4.79 Å². The summed E-state index contributed by atoms with van der Waals surface area (Å²) in [5, 5.41) is 13.1. The number of unbranched alkanes of at least 4 members (excludes halogenated alkanes) is 1. The number of ether oxygens (including phenoxy) is 2. The number of amides is 1. The van der Waals surface area contributed by atoms with Gasteiger partial charge < -0.3 is 24.4 Å². The van der Waals surface area contributed by atoms with E-state index < -0.39 is 6.29 Å². The monoisotopic (exact) mass is 380 g/mol. The highest BCUT2D eigenvalue weighted by molar-refractivity contribution is 7.08. The zero-order valence-electron chi connectivity index (χ0n) is 15.3. The molecule has 0 saturated carbocycles. The number of nitrogens with zero attached hydrogens (tertiary/aromatic N) is 2. The van der Waals surface area contributed by atoms with Gasteiger partial charge in [0, 0.05) is 45.1 Å². The molecule has 0 aromatic carbocycles. The number of carbonyl (C=O) groups is 1. The molecule has 1 saturated heterocycles. The minimum Gasteiger partial charge on any atom is -0.459 e. The molecule has 144 valence electrons. The molecule has 0 radical (unpaired) electrons. The lowest BCUT2D eigenvalue weighted by Gasteiger charge is -2.35. The maximum atomic E-state index is 12.9. The summed E-state index contributed by atoms with van der Waals surface area (Å²) >= 11 is 1.66. The Morgan fingerprint density at radius 1 is 1.35 bits per heavy atom. The molecule has 1 fully saturated rings. The van der Waals surface area contributed by atoms with E-state index in [1.165, 1.54) is 5.56 Å². The molecule has 0 unspecified atom stereocenters. The van der Waals surface area contributed by atoms with Crippen molar-refractivity contribution in [2.24, 2.45) is 0 Å². The summed E-state index contributed by atoms with van der Waals surface area (Å²) in [4.78, 5) is 17.0. The quantitative estimate of drug-likeness (QED) is 0.734. The summed E-state index contributed by atoms with van der Waals surface area (Å²) in [5.41, 5.74) is 1.20. The summed E-state index contributed by atoms with van der Waals surface area (Å²) in [6.45, 7) is 3.90. The molecule has 7 heteroatoms. The van der Waals surface area contributed by atoms with Crippen molar-refractivity contribution in [3.05, 3.63) is 34.2 Å². The van der Waals surface area contributed by atoms with E-state index in [-0.39, 0.29) is 18.4 Å². The van der Waals surface area contributed by atoms with Crippen molar-refractivity contribution < 1.29 is 19.4 Å². The topological polar surface area (TPSA) is 62.2 Å². The fourth-order valence-electron chi connectivity index (χ4n) is 3.22. The van der Waals surface area contributed by atoms with E-state index in [2.05, 4.69) is 28.8 Å². The van der Waals surface area contributed by atoms with Crippen LogP contribution in [0.25, 0.3) is 0 Å². The van der Waals surface area contributed by atoms with Gasteiger partial charge in [-0.2, -0.15) is 11.3 Å². The number of hydrogen-bond donors (Lipinski definition) is 1. The average molecular weight is 381 g/mol. The summed E-state index contributed by atoms with van der Waals surface area (Å²) in [6, 6.07) is 2.10. The third-order valence-corrected chi connectivity index (χ3v) is 5.59. The molecule has 2 aliphatic rings. The van der Waals surface area contributed by atoms with Crippen molar-refractivity contribution in [1.82, 2.24) is 9.80 Å². The molecule has 0 aliphatic carbocycles. The van der Waals surface area contributed by atoms with Crippen LogP contribution in [0, 0.1) is 0 Å². The lowest BCUT2D eigenvalue weighted by molar-refractivity contribution is -0.153. The molecular formula is C19H28N2O4S. The maximum Gasteiger partial charge on any atom is 0.288 e. The van der Waals surface area contributed by atoms with E-state index >= 15 is 0 Å². The maximum absolute atomic E-state index is 12.9. The molecular weight excluding hydrogens is 352 g/mol. The summed E-state index contributed by atoms with van der Waals surface area (Å²) in [7, 11) is 2.07. The zero-order chi connectivity index (χ0) is 18.4. The van der Waals surface area contributed by atoms with Crippen LogP contribution in [0.1, 0.15) is 30.7 Å². The predicted molar refractivity (Wildman–Crippen MR) is 101 cm³/mol. The Kier molecular flexibility index (Phi) is 7.07. The van der Waals surface area contributed by atoms with E-state index in [1.54, 1.807) is 11.3 Å². The molecule has 1 aromatic heterocycles. The molecule has 1 N–H and O–H groups in total. The first kappa shape index (κ1) is 19.4. The second kappa shape index (κ2) is 9.50. The Morgan fingerprint density at radius 3 is 2.85 bits per heavy atom. The molecule has 2 aliphatic heterocycles. The molecule has 0 bridgehead atoms. The predicted octanol–water partition coefficient (Wildman–Crippen LogP) is 2.03. The van der Waals surface area contributed by atoms with E-state index in [0.717, 1.165) is 32.6 Å². The van der Waals surface area contributed by atoms with Gasteiger partial charge in [0.25, 0.3) is 5.91 Å². The van der Waals surface area contributed by atoms with Crippen molar-refractivity contribution in [3.8, 4) is 0 Å². The fourth-order valence-corrected chi connectivity index (χ4v) is 3.95. The van der Waals surface area contributed by atoms with Crippen LogP contribution in [0.15, 0.2) is 28.7 Å². The van der Waals surface area contributed by atoms with Crippen LogP contribution in [0.2, 0.25) is 0 Å². The van der Waals surface area contributed by atoms with Gasteiger partial charge in [-0.3, -0.25) is 4.79 Å². The first-order valence-corrected chi connectivity index (χ1v) is 10.2. The number of thiophene rings is 1. The standard InChI is InChI=1S/C19H28N2O4S/c1-20-5-7-21(8-6-20)19(23)17-12-16(15-4-11-26-14-15)13-18(25-17)24-10-3-2-9-22/h4,11-12,14,16,18,22H,2-3,5-10,13H2,1H3/t16-,18+/m1/s1. The van der Waals surface area contributed by atoms with Gasteiger partial charge in [-0.05, 0) is 48.4 Å². The van der Waals surface area contributed by atoms with Crippen molar-refractivity contribution in [2.45, 2.75) is 31.5 Å². The van der Waals surface area contributed by atoms with Gasteiger partial charge in [-0.25, -0.2) is 0 Å². The number of likely N-dealkylation sites (N-methyl/N-ethyl adjacent to an activating group) is 1. The van der Waals surface area contributed by atoms with Gasteiger partial charge in [0.2, 0.25) is 6.29 Å². The van der Waals surface area contributed by atoms with Gasteiger partial charge >= 0.3 is 0 Å². The minimum atomic E-state index is -0.421. The highest BCUT2D eigenvalue weighted by Gasteiger charge is 2.31. The second-order valence-corrected chi connectivity index (χ2v) is 7.65. The number of hydrogen-bond acceptors (Lipinski definition) is 6. The normalized spacial score (nSPS) is 24.2. The second-order valence-electron chi connectivity index (χ2n) is 6.87. The molecule has 1 amide bonds. The van der Waals surface area contributed by atoms with Gasteiger partial charge in [0.1, 0.15) is 0 Å². The largest absolute Gasteiger partial charge is 0.459 e. The lowest BCUT2D eigenvalue weighted by atomic mass is 9.95. The highest BCUT2D eigenvalue weighted by atomic mass is 32.1. The Labute approximate surface area is 159 Å². The van der Waals surface area contributed by atoms with Crippen LogP contribution in [-0.2, 0) is 14.3 Å². The first-order chi connectivity index (χ1) is 12.7. The molecule has 0 spiro atoms. The molecule has 26 heavy (non-hydrogen) atoms. The molecule has 3 rings (SSSR count). The van der Waals surface area contributed by atoms with Gasteiger partial charge in [0.15, 0.2) is 5.76 Å². The van der Waals surface area contributed by atoms with Crippen molar-refractivity contribution in [1.29, 1.82) is 0 Å². The van der Waals surface area contributed by atoms with Gasteiger partial charge in [-0.15, -0.1) is 0 Å². The lowest BCUT2D eigenvalue weighted by Crippen LogP contribution is -2.48. The Morgan fingerprint density at radius 2 is 2.15 bits per heavy atom. The third-order valence-electron chi connectivity index (χ3n) is 4.89. The number of aliphatic hydroxyl groups excluding tert-OH is 1.